The maximum Gasteiger partial charge on any atom is 0.292 e. The molecule has 0 N–H and O–H groups in total. The summed E-state index contributed by atoms with van der Waals surface area (Å²) in [5.74, 6) is 1.72. The molecule has 24 heavy (non-hydrogen) atoms. The fourth-order valence-corrected chi connectivity index (χ4v) is 3.84. The molecular formula is C17H27N3O4. The third-order valence-corrected chi connectivity index (χ3v) is 5.23. The van der Waals surface area contributed by atoms with Crippen LogP contribution in [0.3, 0.4) is 0 Å². The molecule has 0 saturated carbocycles. The second kappa shape index (κ2) is 7.98. The number of ether oxygens (including phenoxy) is 2. The number of carbonyl (C=O) groups excluding carboxylic acids is 1. The van der Waals surface area contributed by atoms with E-state index >= 15 is 0 Å². The van der Waals surface area contributed by atoms with Crippen LogP contribution in [0.25, 0.3) is 0 Å². The second-order valence-corrected chi connectivity index (χ2v) is 6.73. The summed E-state index contributed by atoms with van der Waals surface area (Å²) in [5, 5.41) is 3.72. The average Bonchev–Trinajstić information content (AvgIpc) is 3.19. The third kappa shape index (κ3) is 3.89. The van der Waals surface area contributed by atoms with Crippen LogP contribution in [0.5, 0.6) is 5.88 Å². The first-order valence-corrected chi connectivity index (χ1v) is 8.72. The van der Waals surface area contributed by atoms with Gasteiger partial charge in [0.1, 0.15) is 0 Å². The smallest absolute Gasteiger partial charge is 0.292 e. The van der Waals surface area contributed by atoms with Crippen molar-refractivity contribution in [1.82, 2.24) is 15.0 Å². The Morgan fingerprint density at radius 2 is 2.00 bits per heavy atom. The van der Waals surface area contributed by atoms with Crippen molar-refractivity contribution in [3.63, 3.8) is 0 Å². The van der Waals surface area contributed by atoms with Gasteiger partial charge in [0.15, 0.2) is 0 Å². The van der Waals surface area contributed by atoms with Crippen LogP contribution in [0.2, 0.25) is 0 Å². The Hall–Kier alpha value is -1.60. The van der Waals surface area contributed by atoms with Gasteiger partial charge in [-0.1, -0.05) is 0 Å². The minimum atomic E-state index is -0.0733. The molecule has 7 heteroatoms. The quantitative estimate of drug-likeness (QED) is 0.733. The molecule has 0 aromatic carbocycles. The van der Waals surface area contributed by atoms with Gasteiger partial charge in [0.2, 0.25) is 5.76 Å². The van der Waals surface area contributed by atoms with Crippen molar-refractivity contribution in [2.24, 2.45) is 11.8 Å². The predicted molar refractivity (Wildman–Crippen MR) is 88.1 cm³/mol. The minimum absolute atomic E-state index is 0.0733. The topological polar surface area (TPSA) is 68.0 Å². The van der Waals surface area contributed by atoms with Crippen LogP contribution in [0.1, 0.15) is 29.8 Å². The molecule has 1 aromatic heterocycles. The van der Waals surface area contributed by atoms with Crippen molar-refractivity contribution in [3.05, 3.63) is 11.8 Å². The van der Waals surface area contributed by atoms with Crippen molar-refractivity contribution < 1.29 is 18.8 Å². The van der Waals surface area contributed by atoms with E-state index in [9.17, 15) is 4.79 Å². The Morgan fingerprint density at radius 1 is 1.29 bits per heavy atom. The first kappa shape index (κ1) is 17.2. The van der Waals surface area contributed by atoms with Gasteiger partial charge in [-0.3, -0.25) is 4.79 Å². The summed E-state index contributed by atoms with van der Waals surface area (Å²) in [5.41, 5.74) is 0. The number of hydrogen-bond donors (Lipinski definition) is 0. The lowest BCUT2D eigenvalue weighted by molar-refractivity contribution is 0.0738. The summed E-state index contributed by atoms with van der Waals surface area (Å²) in [6, 6.07) is 1.56. The Labute approximate surface area is 142 Å². The molecule has 3 rings (SSSR count). The normalized spacial score (nSPS) is 24.7. The van der Waals surface area contributed by atoms with Gasteiger partial charge in [0, 0.05) is 33.4 Å². The monoisotopic (exact) mass is 337 g/mol. The molecule has 2 fully saturated rings. The van der Waals surface area contributed by atoms with Crippen molar-refractivity contribution in [2.75, 3.05) is 53.6 Å². The van der Waals surface area contributed by atoms with Gasteiger partial charge in [-0.2, -0.15) is 0 Å². The van der Waals surface area contributed by atoms with Crippen molar-refractivity contribution in [3.8, 4) is 5.88 Å². The van der Waals surface area contributed by atoms with Gasteiger partial charge in [-0.05, 0) is 49.3 Å². The number of carbonyl (C=O) groups is 1. The van der Waals surface area contributed by atoms with Gasteiger partial charge in [-0.25, -0.2) is 0 Å². The molecule has 3 heterocycles. The van der Waals surface area contributed by atoms with Crippen molar-refractivity contribution >= 4 is 5.91 Å². The zero-order valence-electron chi connectivity index (χ0n) is 14.6. The highest BCUT2D eigenvalue weighted by molar-refractivity contribution is 5.91. The minimum Gasteiger partial charge on any atom is -0.479 e. The number of hydrogen-bond acceptors (Lipinski definition) is 6. The molecule has 1 aromatic rings. The molecule has 2 aliphatic rings. The van der Waals surface area contributed by atoms with E-state index in [4.69, 9.17) is 14.0 Å². The Kier molecular flexibility index (Phi) is 5.73. The molecular weight excluding hydrogens is 310 g/mol. The molecule has 2 aliphatic heterocycles. The molecule has 1 amide bonds. The van der Waals surface area contributed by atoms with Crippen LogP contribution >= 0.6 is 0 Å². The number of fused-ring (bicyclic) bond motifs is 1. The number of nitrogens with zero attached hydrogens (tertiary/aromatic N) is 3. The SMILES string of the molecule is COCCCN1CC[C@@H]2CN(C(=O)c3cc(OC)no3)C[C@@H]2CC1. The van der Waals surface area contributed by atoms with Crippen LogP contribution in [-0.2, 0) is 4.74 Å². The summed E-state index contributed by atoms with van der Waals surface area (Å²) < 4.78 is 15.2. The zero-order chi connectivity index (χ0) is 16.9. The van der Waals surface area contributed by atoms with Gasteiger partial charge in [0.25, 0.3) is 11.8 Å². The summed E-state index contributed by atoms with van der Waals surface area (Å²) in [4.78, 5) is 17.0. The lowest BCUT2D eigenvalue weighted by Gasteiger charge is -2.21. The first-order chi connectivity index (χ1) is 11.7. The zero-order valence-corrected chi connectivity index (χ0v) is 14.6. The highest BCUT2D eigenvalue weighted by atomic mass is 16.5. The van der Waals surface area contributed by atoms with E-state index in [1.165, 1.54) is 7.11 Å². The van der Waals surface area contributed by atoms with Gasteiger partial charge in [0.05, 0.1) is 13.2 Å². The molecule has 2 saturated heterocycles. The maximum absolute atomic E-state index is 12.6. The van der Waals surface area contributed by atoms with Gasteiger partial charge >= 0.3 is 0 Å². The fourth-order valence-electron chi connectivity index (χ4n) is 3.84. The molecule has 134 valence electrons. The van der Waals surface area contributed by atoms with Crippen molar-refractivity contribution in [1.29, 1.82) is 0 Å². The molecule has 0 radical (unpaired) electrons. The average molecular weight is 337 g/mol. The van der Waals surface area contributed by atoms with Crippen LogP contribution < -0.4 is 4.74 Å². The molecule has 0 spiro atoms. The predicted octanol–water partition coefficient (Wildman–Crippen LogP) is 1.50. The van der Waals surface area contributed by atoms with Crippen LogP contribution in [0.4, 0.5) is 0 Å². The standard InChI is InChI=1S/C17H27N3O4/c1-22-9-3-6-19-7-4-13-11-20(12-14(13)5-8-19)17(21)15-10-16(23-2)18-24-15/h10,13-14H,3-9,11-12H2,1-2H3/t13-,14+. The number of likely N-dealkylation sites (tertiary alicyclic amines) is 2. The largest absolute Gasteiger partial charge is 0.479 e. The highest BCUT2D eigenvalue weighted by Gasteiger charge is 2.38. The third-order valence-electron chi connectivity index (χ3n) is 5.23. The van der Waals surface area contributed by atoms with E-state index in [-0.39, 0.29) is 11.7 Å². The highest BCUT2D eigenvalue weighted by Crippen LogP contribution is 2.32. The van der Waals surface area contributed by atoms with E-state index in [0.29, 0.717) is 17.7 Å². The van der Waals surface area contributed by atoms with Gasteiger partial charge in [-0.15, -0.1) is 0 Å². The van der Waals surface area contributed by atoms with E-state index in [1.807, 2.05) is 4.90 Å². The lowest BCUT2D eigenvalue weighted by Crippen LogP contribution is -2.31. The molecule has 0 unspecified atom stereocenters. The number of methoxy groups -OCH3 is 2. The number of aromatic nitrogens is 1. The van der Waals surface area contributed by atoms with Gasteiger partial charge < -0.3 is 23.8 Å². The maximum atomic E-state index is 12.6. The van der Waals surface area contributed by atoms with Crippen LogP contribution in [-0.4, -0.2) is 74.4 Å². The van der Waals surface area contributed by atoms with Crippen LogP contribution in [0.15, 0.2) is 10.6 Å². The van der Waals surface area contributed by atoms with E-state index in [1.54, 1.807) is 13.2 Å². The summed E-state index contributed by atoms with van der Waals surface area (Å²) in [6.45, 7) is 5.79. The first-order valence-electron chi connectivity index (χ1n) is 8.72. The lowest BCUT2D eigenvalue weighted by atomic mass is 9.92. The Morgan fingerprint density at radius 3 is 2.58 bits per heavy atom. The second-order valence-electron chi connectivity index (χ2n) is 6.73. The molecule has 2 atom stereocenters. The molecule has 0 bridgehead atoms. The summed E-state index contributed by atoms with van der Waals surface area (Å²) in [7, 11) is 3.26. The number of rotatable bonds is 6. The summed E-state index contributed by atoms with van der Waals surface area (Å²) in [6.07, 6.45) is 3.39. The summed E-state index contributed by atoms with van der Waals surface area (Å²) >= 11 is 0. The molecule has 7 nitrogen and oxygen atoms in total. The molecule has 0 aliphatic carbocycles. The Balaban J connectivity index is 1.52. The van der Waals surface area contributed by atoms with Crippen molar-refractivity contribution in [2.45, 2.75) is 19.3 Å². The number of amides is 1. The van der Waals surface area contributed by atoms with E-state index in [2.05, 4.69) is 10.1 Å². The van der Waals surface area contributed by atoms with Crippen LogP contribution in [0, 0.1) is 11.8 Å². The Bertz CT molecular complexity index is 532. The van der Waals surface area contributed by atoms with E-state index < -0.39 is 0 Å². The van der Waals surface area contributed by atoms with E-state index in [0.717, 1.165) is 58.6 Å². The fraction of sp³-hybridized carbons (Fsp3) is 0.765.